The van der Waals surface area contributed by atoms with Crippen molar-refractivity contribution in [2.24, 2.45) is 0 Å². The molecule has 3 aromatic rings. The van der Waals surface area contributed by atoms with Crippen molar-refractivity contribution < 1.29 is 14.3 Å². The first-order valence-corrected chi connectivity index (χ1v) is 12.0. The second-order valence-corrected chi connectivity index (χ2v) is 9.38. The van der Waals surface area contributed by atoms with Crippen molar-refractivity contribution in [1.82, 2.24) is 10.3 Å². The Bertz CT molecular complexity index is 1110. The Labute approximate surface area is 204 Å². The fourth-order valence-corrected chi connectivity index (χ4v) is 4.88. The molecule has 2 N–H and O–H groups in total. The first kappa shape index (κ1) is 24.1. The lowest BCUT2D eigenvalue weighted by Crippen LogP contribution is -2.24. The topological polar surface area (TPSA) is 80.3 Å². The molecule has 0 atom stereocenters. The average molecular weight is 508 g/mol. The lowest BCUT2D eigenvalue weighted by atomic mass is 10.2. The molecule has 1 aromatic heterocycles. The number of carbonyl (C=O) groups excluding carboxylic acids is 2. The van der Waals surface area contributed by atoms with Gasteiger partial charge >= 0.3 is 0 Å². The molecule has 2 aromatic carbocycles. The Hall–Kier alpha value is -2.52. The number of anilines is 1. The van der Waals surface area contributed by atoms with Crippen LogP contribution in [0.1, 0.15) is 0 Å². The molecular formula is C22H19Cl2N3O3S2. The standard InChI is InChI=1S/C22H19Cl2N3O3S2/c1-2-10-25-19(29)13-31-22-27-20(14-6-4-3-5-7-14)21(32-22)26-18(28)12-30-17-9-8-15(23)11-16(17)24/h2-9,11H,1,10,12-13H2,(H,25,29)(H,26,28). The van der Waals surface area contributed by atoms with E-state index in [1.807, 2.05) is 30.3 Å². The number of thioether (sulfide) groups is 1. The van der Waals surface area contributed by atoms with Crippen molar-refractivity contribution in [3.8, 4) is 17.0 Å². The van der Waals surface area contributed by atoms with Gasteiger partial charge in [0.25, 0.3) is 5.91 Å². The van der Waals surface area contributed by atoms with Crippen LogP contribution in [0.5, 0.6) is 5.75 Å². The van der Waals surface area contributed by atoms with Gasteiger partial charge in [-0.15, -0.1) is 6.58 Å². The van der Waals surface area contributed by atoms with Crippen LogP contribution < -0.4 is 15.4 Å². The van der Waals surface area contributed by atoms with E-state index in [0.717, 1.165) is 5.56 Å². The van der Waals surface area contributed by atoms with Gasteiger partial charge in [-0.1, -0.05) is 82.7 Å². The minimum Gasteiger partial charge on any atom is -0.482 e. The number of thiazole rings is 1. The SMILES string of the molecule is C=CCNC(=O)CSc1nc(-c2ccccc2)c(NC(=O)COc2ccc(Cl)cc2Cl)s1. The molecule has 0 spiro atoms. The third kappa shape index (κ3) is 7.00. The van der Waals surface area contributed by atoms with Crippen LogP contribution in [-0.4, -0.2) is 35.7 Å². The van der Waals surface area contributed by atoms with E-state index in [9.17, 15) is 9.59 Å². The molecule has 0 unspecified atom stereocenters. The van der Waals surface area contributed by atoms with Crippen molar-refractivity contribution >= 4 is 63.1 Å². The van der Waals surface area contributed by atoms with Gasteiger partial charge in [0.15, 0.2) is 10.9 Å². The second-order valence-electron chi connectivity index (χ2n) is 6.32. The maximum Gasteiger partial charge on any atom is 0.262 e. The van der Waals surface area contributed by atoms with E-state index in [1.165, 1.54) is 23.1 Å². The quantitative estimate of drug-likeness (QED) is 0.278. The van der Waals surface area contributed by atoms with E-state index in [1.54, 1.807) is 24.3 Å². The van der Waals surface area contributed by atoms with Crippen LogP contribution in [0, 0.1) is 0 Å². The molecule has 0 aliphatic carbocycles. The summed E-state index contributed by atoms with van der Waals surface area (Å²) in [5, 5.41) is 6.94. The largest absolute Gasteiger partial charge is 0.482 e. The molecule has 1 heterocycles. The Morgan fingerprint density at radius 2 is 1.94 bits per heavy atom. The van der Waals surface area contributed by atoms with Gasteiger partial charge in [0, 0.05) is 17.1 Å². The molecule has 0 saturated heterocycles. The van der Waals surface area contributed by atoms with Gasteiger partial charge < -0.3 is 15.4 Å². The number of hydrogen-bond acceptors (Lipinski definition) is 6. The lowest BCUT2D eigenvalue weighted by Gasteiger charge is -2.09. The van der Waals surface area contributed by atoms with Crippen LogP contribution in [-0.2, 0) is 9.59 Å². The monoisotopic (exact) mass is 507 g/mol. The third-order valence-electron chi connectivity index (χ3n) is 3.93. The van der Waals surface area contributed by atoms with E-state index in [0.29, 0.717) is 37.4 Å². The predicted octanol–water partition coefficient (Wildman–Crippen LogP) is 5.53. The van der Waals surface area contributed by atoms with Crippen LogP contribution in [0.3, 0.4) is 0 Å². The zero-order chi connectivity index (χ0) is 22.9. The van der Waals surface area contributed by atoms with Gasteiger partial charge in [0.2, 0.25) is 5.91 Å². The maximum atomic E-state index is 12.5. The number of nitrogens with zero attached hydrogens (tertiary/aromatic N) is 1. The highest BCUT2D eigenvalue weighted by molar-refractivity contribution is 8.01. The molecule has 0 aliphatic heterocycles. The number of hydrogen-bond donors (Lipinski definition) is 2. The van der Waals surface area contributed by atoms with Gasteiger partial charge in [-0.05, 0) is 18.2 Å². The summed E-state index contributed by atoms with van der Waals surface area (Å²) < 4.78 is 6.17. The molecule has 166 valence electrons. The van der Waals surface area contributed by atoms with E-state index < -0.39 is 0 Å². The number of rotatable bonds is 10. The summed E-state index contributed by atoms with van der Waals surface area (Å²) in [4.78, 5) is 29.0. The number of aromatic nitrogens is 1. The Morgan fingerprint density at radius 1 is 1.16 bits per heavy atom. The highest BCUT2D eigenvalue weighted by Gasteiger charge is 2.17. The summed E-state index contributed by atoms with van der Waals surface area (Å²) in [6, 6.07) is 14.3. The molecule has 0 aliphatic rings. The zero-order valence-electron chi connectivity index (χ0n) is 16.8. The third-order valence-corrected chi connectivity index (χ3v) is 6.57. The molecule has 0 fully saturated rings. The summed E-state index contributed by atoms with van der Waals surface area (Å²) in [5.41, 5.74) is 1.48. The van der Waals surface area contributed by atoms with Crippen LogP contribution in [0.2, 0.25) is 10.0 Å². The lowest BCUT2D eigenvalue weighted by molar-refractivity contribution is -0.119. The number of ether oxygens (including phenoxy) is 1. The molecule has 0 bridgehead atoms. The van der Waals surface area contributed by atoms with Crippen LogP contribution in [0.4, 0.5) is 5.00 Å². The summed E-state index contributed by atoms with van der Waals surface area (Å²) in [5.74, 6) is 0.0872. The summed E-state index contributed by atoms with van der Waals surface area (Å²) in [6.07, 6.45) is 1.62. The predicted molar refractivity (Wildman–Crippen MR) is 132 cm³/mol. The zero-order valence-corrected chi connectivity index (χ0v) is 19.9. The Balaban J connectivity index is 1.70. The van der Waals surface area contributed by atoms with E-state index in [4.69, 9.17) is 27.9 Å². The number of carbonyl (C=O) groups is 2. The van der Waals surface area contributed by atoms with Crippen molar-refractivity contribution in [3.05, 3.63) is 71.2 Å². The number of halogens is 2. The van der Waals surface area contributed by atoms with Gasteiger partial charge in [0.05, 0.1) is 10.8 Å². The van der Waals surface area contributed by atoms with Gasteiger partial charge in [-0.3, -0.25) is 9.59 Å². The number of nitrogens with one attached hydrogen (secondary N) is 2. The molecule has 0 saturated carbocycles. The van der Waals surface area contributed by atoms with Crippen LogP contribution >= 0.6 is 46.3 Å². The normalized spacial score (nSPS) is 10.4. The van der Waals surface area contributed by atoms with Gasteiger partial charge in [-0.2, -0.15) is 0 Å². The van der Waals surface area contributed by atoms with Crippen LogP contribution in [0.15, 0.2) is 65.5 Å². The average Bonchev–Trinajstić information content (AvgIpc) is 3.18. The smallest absolute Gasteiger partial charge is 0.262 e. The van der Waals surface area contributed by atoms with Crippen molar-refractivity contribution in [2.75, 3.05) is 24.2 Å². The van der Waals surface area contributed by atoms with E-state index in [-0.39, 0.29) is 24.2 Å². The summed E-state index contributed by atoms with van der Waals surface area (Å²) in [7, 11) is 0. The highest BCUT2D eigenvalue weighted by atomic mass is 35.5. The first-order chi connectivity index (χ1) is 15.5. The minimum absolute atomic E-state index is 0.120. The van der Waals surface area contributed by atoms with Crippen LogP contribution in [0.25, 0.3) is 11.3 Å². The van der Waals surface area contributed by atoms with Gasteiger partial charge in [-0.25, -0.2) is 4.98 Å². The molecule has 3 rings (SSSR count). The first-order valence-electron chi connectivity index (χ1n) is 9.40. The Kier molecular flexibility index (Phi) is 8.99. The molecule has 0 radical (unpaired) electrons. The molecule has 32 heavy (non-hydrogen) atoms. The second kappa shape index (κ2) is 11.9. The maximum absolute atomic E-state index is 12.5. The minimum atomic E-state index is -0.364. The number of amides is 2. The van der Waals surface area contributed by atoms with Gasteiger partial charge in [0.1, 0.15) is 16.4 Å². The Morgan fingerprint density at radius 3 is 2.66 bits per heavy atom. The van der Waals surface area contributed by atoms with E-state index in [2.05, 4.69) is 22.2 Å². The highest BCUT2D eigenvalue weighted by Crippen LogP contribution is 2.37. The summed E-state index contributed by atoms with van der Waals surface area (Å²) >= 11 is 14.6. The fraction of sp³-hybridized carbons (Fsp3) is 0.136. The fourth-order valence-electron chi connectivity index (χ4n) is 2.50. The van der Waals surface area contributed by atoms with Crippen molar-refractivity contribution in [1.29, 1.82) is 0 Å². The molecular weight excluding hydrogens is 489 g/mol. The summed E-state index contributed by atoms with van der Waals surface area (Å²) in [6.45, 7) is 3.75. The number of benzene rings is 2. The van der Waals surface area contributed by atoms with Crippen molar-refractivity contribution in [2.45, 2.75) is 4.34 Å². The molecule has 2 amide bonds. The van der Waals surface area contributed by atoms with E-state index >= 15 is 0 Å². The molecule has 10 heteroatoms. The molecule has 6 nitrogen and oxygen atoms in total. The van der Waals surface area contributed by atoms with Crippen molar-refractivity contribution in [3.63, 3.8) is 0 Å².